The molecule has 3 heterocycles. The summed E-state index contributed by atoms with van der Waals surface area (Å²) >= 11 is 0. The molecule has 2 aromatic rings. The summed E-state index contributed by atoms with van der Waals surface area (Å²) in [6, 6.07) is 1.93. The smallest absolute Gasteiger partial charge is 0.252 e. The quantitative estimate of drug-likeness (QED) is 0.814. The molecular formula is C19H27N5O3S. The van der Waals surface area contributed by atoms with E-state index in [1.54, 1.807) is 4.68 Å². The van der Waals surface area contributed by atoms with Gasteiger partial charge in [0, 0.05) is 38.3 Å². The Labute approximate surface area is 165 Å². The molecule has 8 nitrogen and oxygen atoms in total. The van der Waals surface area contributed by atoms with E-state index >= 15 is 0 Å². The lowest BCUT2D eigenvalue weighted by Crippen LogP contribution is -2.41. The van der Waals surface area contributed by atoms with Gasteiger partial charge >= 0.3 is 0 Å². The van der Waals surface area contributed by atoms with Crippen LogP contribution in [0, 0.1) is 12.8 Å². The van der Waals surface area contributed by atoms with E-state index in [1.165, 1.54) is 10.6 Å². The van der Waals surface area contributed by atoms with E-state index in [0.717, 1.165) is 48.1 Å². The van der Waals surface area contributed by atoms with Crippen LogP contribution in [0.5, 0.6) is 0 Å². The van der Waals surface area contributed by atoms with Crippen LogP contribution < -0.4 is 5.32 Å². The van der Waals surface area contributed by atoms with Crippen LogP contribution in [-0.2, 0) is 17.1 Å². The SMILES string of the molecule is Cc1nn(C)c2nc(C3CC3)cc(C(=O)NCC3CCN(S(C)(=O)=O)CC3)c12. The monoisotopic (exact) mass is 405 g/mol. The number of nitrogens with one attached hydrogen (secondary N) is 1. The van der Waals surface area contributed by atoms with Gasteiger partial charge in [-0.1, -0.05) is 0 Å². The molecule has 0 spiro atoms. The third kappa shape index (κ3) is 3.77. The van der Waals surface area contributed by atoms with Crippen LogP contribution in [0.25, 0.3) is 11.0 Å². The molecule has 1 N–H and O–H groups in total. The van der Waals surface area contributed by atoms with Crippen LogP contribution in [0.3, 0.4) is 0 Å². The van der Waals surface area contributed by atoms with E-state index in [0.29, 0.717) is 31.1 Å². The highest BCUT2D eigenvalue weighted by molar-refractivity contribution is 7.88. The van der Waals surface area contributed by atoms with Gasteiger partial charge in [0.1, 0.15) is 0 Å². The Morgan fingerprint density at radius 1 is 1.25 bits per heavy atom. The minimum absolute atomic E-state index is 0.101. The van der Waals surface area contributed by atoms with Crippen molar-refractivity contribution in [2.75, 3.05) is 25.9 Å². The van der Waals surface area contributed by atoms with Gasteiger partial charge in [-0.05, 0) is 44.6 Å². The summed E-state index contributed by atoms with van der Waals surface area (Å²) in [5.41, 5.74) is 3.18. The first-order valence-electron chi connectivity index (χ1n) is 9.81. The van der Waals surface area contributed by atoms with Crippen molar-refractivity contribution in [1.29, 1.82) is 0 Å². The van der Waals surface area contributed by atoms with Gasteiger partial charge in [0.2, 0.25) is 10.0 Å². The number of aromatic nitrogens is 3. The number of hydrogen-bond acceptors (Lipinski definition) is 5. The average molecular weight is 406 g/mol. The fraction of sp³-hybridized carbons (Fsp3) is 0.632. The summed E-state index contributed by atoms with van der Waals surface area (Å²) in [6.45, 7) is 3.50. The molecule has 2 aliphatic rings. The van der Waals surface area contributed by atoms with Gasteiger partial charge in [0.05, 0.1) is 22.9 Å². The van der Waals surface area contributed by atoms with Crippen molar-refractivity contribution in [3.8, 4) is 0 Å². The van der Waals surface area contributed by atoms with Crippen molar-refractivity contribution >= 4 is 27.0 Å². The zero-order valence-corrected chi connectivity index (χ0v) is 17.4. The lowest BCUT2D eigenvalue weighted by Gasteiger charge is -2.30. The number of carbonyl (C=O) groups excluding carboxylic acids is 1. The van der Waals surface area contributed by atoms with Crippen LogP contribution in [0.4, 0.5) is 0 Å². The first kappa shape index (κ1) is 19.3. The van der Waals surface area contributed by atoms with Crippen LogP contribution in [0.1, 0.15) is 53.3 Å². The number of rotatable bonds is 5. The van der Waals surface area contributed by atoms with E-state index in [-0.39, 0.29) is 11.8 Å². The van der Waals surface area contributed by atoms with Gasteiger partial charge in [0.15, 0.2) is 5.65 Å². The number of hydrogen-bond donors (Lipinski definition) is 1. The molecule has 9 heteroatoms. The van der Waals surface area contributed by atoms with Crippen molar-refractivity contribution in [2.45, 2.75) is 38.5 Å². The number of fused-ring (bicyclic) bond motifs is 1. The highest BCUT2D eigenvalue weighted by atomic mass is 32.2. The summed E-state index contributed by atoms with van der Waals surface area (Å²) in [5, 5.41) is 8.33. The second kappa shape index (κ2) is 7.11. The van der Waals surface area contributed by atoms with Crippen molar-refractivity contribution < 1.29 is 13.2 Å². The van der Waals surface area contributed by atoms with Crippen molar-refractivity contribution in [3.63, 3.8) is 0 Å². The maximum Gasteiger partial charge on any atom is 0.252 e. The van der Waals surface area contributed by atoms with Crippen LogP contribution in [-0.4, -0.2) is 59.3 Å². The topological polar surface area (TPSA) is 97.2 Å². The van der Waals surface area contributed by atoms with E-state index in [2.05, 4.69) is 10.4 Å². The van der Waals surface area contributed by atoms with Gasteiger partial charge in [0.25, 0.3) is 5.91 Å². The molecule has 1 aliphatic carbocycles. The second-order valence-electron chi connectivity index (χ2n) is 8.09. The van der Waals surface area contributed by atoms with Crippen LogP contribution >= 0.6 is 0 Å². The lowest BCUT2D eigenvalue weighted by atomic mass is 9.98. The summed E-state index contributed by atoms with van der Waals surface area (Å²) < 4.78 is 26.5. The standard InChI is InChI=1S/C19H27N5O3S/c1-12-17-15(10-16(14-4-5-14)21-18(17)23(2)22-12)19(25)20-11-13-6-8-24(9-7-13)28(3,26)27/h10,13-14H,4-9,11H2,1-3H3,(H,20,25). The van der Waals surface area contributed by atoms with Gasteiger partial charge in [-0.2, -0.15) is 5.10 Å². The van der Waals surface area contributed by atoms with E-state index < -0.39 is 10.0 Å². The molecule has 2 fully saturated rings. The molecular weight excluding hydrogens is 378 g/mol. The predicted molar refractivity (Wildman–Crippen MR) is 107 cm³/mol. The number of nitrogens with zero attached hydrogens (tertiary/aromatic N) is 4. The van der Waals surface area contributed by atoms with Crippen LogP contribution in [0.2, 0.25) is 0 Å². The molecule has 0 aromatic carbocycles. The Bertz CT molecular complexity index is 1020. The first-order chi connectivity index (χ1) is 13.2. The van der Waals surface area contributed by atoms with Crippen molar-refractivity contribution in [3.05, 3.63) is 23.0 Å². The van der Waals surface area contributed by atoms with E-state index in [9.17, 15) is 13.2 Å². The molecule has 4 rings (SSSR count). The highest BCUT2D eigenvalue weighted by Gasteiger charge is 2.29. The number of sulfonamides is 1. The van der Waals surface area contributed by atoms with Gasteiger partial charge in [-0.3, -0.25) is 9.48 Å². The molecule has 152 valence electrons. The Kier molecular flexibility index (Phi) is 4.91. The fourth-order valence-corrected chi connectivity index (χ4v) is 4.88. The highest BCUT2D eigenvalue weighted by Crippen LogP contribution is 2.40. The average Bonchev–Trinajstić information content (AvgIpc) is 3.45. The third-order valence-corrected chi connectivity index (χ3v) is 7.13. The fourth-order valence-electron chi connectivity index (χ4n) is 4.01. The Hall–Kier alpha value is -2.00. The molecule has 1 saturated heterocycles. The van der Waals surface area contributed by atoms with Gasteiger partial charge in [-0.15, -0.1) is 0 Å². The third-order valence-electron chi connectivity index (χ3n) is 5.82. The maximum absolute atomic E-state index is 13.0. The molecule has 0 atom stereocenters. The normalized spacial score (nSPS) is 19.2. The summed E-state index contributed by atoms with van der Waals surface area (Å²) in [6.07, 6.45) is 5.01. The van der Waals surface area contributed by atoms with Crippen molar-refractivity contribution in [2.24, 2.45) is 13.0 Å². The number of piperidine rings is 1. The molecule has 0 radical (unpaired) electrons. The summed E-state index contributed by atoms with van der Waals surface area (Å²) in [7, 11) is -1.27. The number of amides is 1. The summed E-state index contributed by atoms with van der Waals surface area (Å²) in [4.78, 5) is 17.7. The number of pyridine rings is 1. The number of carbonyl (C=O) groups is 1. The Balaban J connectivity index is 1.49. The molecule has 28 heavy (non-hydrogen) atoms. The van der Waals surface area contributed by atoms with E-state index in [1.807, 2.05) is 20.0 Å². The molecule has 0 bridgehead atoms. The molecule has 2 aromatic heterocycles. The molecule has 1 aliphatic heterocycles. The minimum atomic E-state index is -3.13. The summed E-state index contributed by atoms with van der Waals surface area (Å²) in [5.74, 6) is 0.639. The lowest BCUT2D eigenvalue weighted by molar-refractivity contribution is 0.0943. The zero-order valence-electron chi connectivity index (χ0n) is 16.6. The van der Waals surface area contributed by atoms with Gasteiger partial charge in [-0.25, -0.2) is 17.7 Å². The largest absolute Gasteiger partial charge is 0.352 e. The first-order valence-corrected chi connectivity index (χ1v) is 11.7. The molecule has 1 amide bonds. The predicted octanol–water partition coefficient (Wildman–Crippen LogP) is 1.56. The number of aryl methyl sites for hydroxylation is 2. The van der Waals surface area contributed by atoms with Crippen molar-refractivity contribution in [1.82, 2.24) is 24.4 Å². The zero-order chi connectivity index (χ0) is 20.1. The molecule has 0 unspecified atom stereocenters. The molecule has 1 saturated carbocycles. The van der Waals surface area contributed by atoms with Gasteiger partial charge < -0.3 is 5.32 Å². The second-order valence-corrected chi connectivity index (χ2v) is 10.1. The Morgan fingerprint density at radius 3 is 2.54 bits per heavy atom. The maximum atomic E-state index is 13.0. The minimum Gasteiger partial charge on any atom is -0.352 e. The van der Waals surface area contributed by atoms with Crippen LogP contribution in [0.15, 0.2) is 6.07 Å². The Morgan fingerprint density at radius 2 is 1.93 bits per heavy atom. The van der Waals surface area contributed by atoms with E-state index in [4.69, 9.17) is 4.98 Å².